The number of aromatic hydroxyl groups is 1. The van der Waals surface area contributed by atoms with E-state index in [-0.39, 0.29) is 5.75 Å². The molecule has 0 atom stereocenters. The second kappa shape index (κ2) is 4.46. The van der Waals surface area contributed by atoms with E-state index in [1.807, 2.05) is 0 Å². The van der Waals surface area contributed by atoms with Crippen LogP contribution in [0.15, 0.2) is 36.1 Å². The Bertz CT molecular complexity index is 349. The zero-order valence-corrected chi connectivity index (χ0v) is 8.15. The summed E-state index contributed by atoms with van der Waals surface area (Å²) in [5, 5.41) is 9.00. The molecule has 3 heteroatoms. The maximum atomic E-state index is 11.4. The zero-order chi connectivity index (χ0) is 10.6. The van der Waals surface area contributed by atoms with Crippen molar-refractivity contribution in [1.82, 2.24) is 0 Å². The Morgan fingerprint density at radius 3 is 2.43 bits per heavy atom. The molecule has 0 bridgehead atoms. The number of phenolic OH excluding ortho intramolecular Hbond substituents is 1. The van der Waals surface area contributed by atoms with Crippen LogP contribution in [-0.2, 0) is 4.74 Å². The van der Waals surface area contributed by atoms with Gasteiger partial charge in [0.25, 0.3) is 0 Å². The number of phenols is 1. The van der Waals surface area contributed by atoms with E-state index < -0.39 is 5.97 Å². The van der Waals surface area contributed by atoms with Crippen molar-refractivity contribution >= 4 is 5.97 Å². The number of hydrogen-bond acceptors (Lipinski definition) is 3. The smallest absolute Gasteiger partial charge is 0.343 e. The summed E-state index contributed by atoms with van der Waals surface area (Å²) in [4.78, 5) is 11.4. The van der Waals surface area contributed by atoms with Gasteiger partial charge in [-0.3, -0.25) is 0 Å². The van der Waals surface area contributed by atoms with Gasteiger partial charge in [0.05, 0.1) is 5.56 Å². The van der Waals surface area contributed by atoms with Gasteiger partial charge in [-0.25, -0.2) is 4.79 Å². The maximum Gasteiger partial charge on any atom is 0.343 e. The molecule has 1 aromatic carbocycles. The van der Waals surface area contributed by atoms with Crippen LogP contribution in [0.2, 0.25) is 0 Å². The van der Waals surface area contributed by atoms with Crippen LogP contribution in [0.5, 0.6) is 5.75 Å². The van der Waals surface area contributed by atoms with Crippen molar-refractivity contribution in [1.29, 1.82) is 0 Å². The van der Waals surface area contributed by atoms with Crippen molar-refractivity contribution in [3.63, 3.8) is 0 Å². The molecule has 1 rings (SSSR count). The zero-order valence-electron chi connectivity index (χ0n) is 8.15. The van der Waals surface area contributed by atoms with Crippen molar-refractivity contribution in [3.05, 3.63) is 41.7 Å². The fraction of sp³-hybridized carbons (Fsp3) is 0.182. The molecule has 0 aromatic heterocycles. The predicted octanol–water partition coefficient (Wildman–Crippen LogP) is 2.47. The Morgan fingerprint density at radius 1 is 1.36 bits per heavy atom. The van der Waals surface area contributed by atoms with Gasteiger partial charge in [-0.15, -0.1) is 0 Å². The minimum atomic E-state index is -0.416. The van der Waals surface area contributed by atoms with Gasteiger partial charge in [-0.1, -0.05) is 0 Å². The molecule has 0 saturated carbocycles. The highest BCUT2D eigenvalue weighted by Gasteiger charge is 2.06. The molecule has 0 fully saturated rings. The lowest BCUT2D eigenvalue weighted by atomic mass is 10.2. The Balaban J connectivity index is 2.75. The van der Waals surface area contributed by atoms with E-state index in [4.69, 9.17) is 9.84 Å². The van der Waals surface area contributed by atoms with Crippen LogP contribution in [0.4, 0.5) is 0 Å². The first-order valence-electron chi connectivity index (χ1n) is 4.27. The minimum absolute atomic E-state index is 0.129. The van der Waals surface area contributed by atoms with E-state index in [0.717, 1.165) is 0 Å². The first-order chi connectivity index (χ1) is 6.63. The highest BCUT2D eigenvalue weighted by Crippen LogP contribution is 2.11. The lowest BCUT2D eigenvalue weighted by Gasteiger charge is -2.03. The SMILES string of the molecule is CC=C(C)OC(=O)c1ccc(O)cc1. The van der Waals surface area contributed by atoms with Crippen LogP contribution in [0.25, 0.3) is 0 Å². The first kappa shape index (κ1) is 10.3. The summed E-state index contributed by atoms with van der Waals surface area (Å²) in [5.74, 6) is 0.271. The summed E-state index contributed by atoms with van der Waals surface area (Å²) >= 11 is 0. The maximum absolute atomic E-state index is 11.4. The molecular formula is C11H12O3. The van der Waals surface area contributed by atoms with Crippen molar-refractivity contribution < 1.29 is 14.6 Å². The summed E-state index contributed by atoms with van der Waals surface area (Å²) in [7, 11) is 0. The Labute approximate surface area is 82.6 Å². The lowest BCUT2D eigenvalue weighted by molar-refractivity contribution is 0.0625. The van der Waals surface area contributed by atoms with Gasteiger partial charge in [0.1, 0.15) is 11.5 Å². The summed E-state index contributed by atoms with van der Waals surface area (Å²) in [6.07, 6.45) is 1.71. The highest BCUT2D eigenvalue weighted by atomic mass is 16.5. The molecule has 0 unspecified atom stereocenters. The van der Waals surface area contributed by atoms with Crippen LogP contribution in [-0.4, -0.2) is 11.1 Å². The number of carbonyl (C=O) groups is 1. The van der Waals surface area contributed by atoms with Gasteiger partial charge in [-0.05, 0) is 44.2 Å². The number of carbonyl (C=O) groups excluding carboxylic acids is 1. The number of ether oxygens (including phenoxy) is 1. The summed E-state index contributed by atoms with van der Waals surface area (Å²) in [6.45, 7) is 3.50. The van der Waals surface area contributed by atoms with Crippen molar-refractivity contribution in [3.8, 4) is 5.75 Å². The summed E-state index contributed by atoms with van der Waals surface area (Å²) < 4.78 is 4.97. The average Bonchev–Trinajstić information content (AvgIpc) is 2.18. The fourth-order valence-corrected chi connectivity index (χ4v) is 0.862. The Kier molecular flexibility index (Phi) is 3.29. The molecule has 1 N–H and O–H groups in total. The first-order valence-corrected chi connectivity index (χ1v) is 4.27. The van der Waals surface area contributed by atoms with E-state index in [2.05, 4.69) is 0 Å². The second-order valence-corrected chi connectivity index (χ2v) is 2.84. The highest BCUT2D eigenvalue weighted by molar-refractivity contribution is 5.90. The number of benzene rings is 1. The van der Waals surface area contributed by atoms with Crippen LogP contribution < -0.4 is 0 Å². The molecule has 0 aliphatic carbocycles. The number of esters is 1. The third kappa shape index (κ3) is 2.62. The molecule has 74 valence electrons. The fourth-order valence-electron chi connectivity index (χ4n) is 0.862. The minimum Gasteiger partial charge on any atom is -0.508 e. The quantitative estimate of drug-likeness (QED) is 0.578. The van der Waals surface area contributed by atoms with E-state index in [9.17, 15) is 4.79 Å². The van der Waals surface area contributed by atoms with E-state index in [1.165, 1.54) is 24.3 Å². The molecule has 0 radical (unpaired) electrons. The van der Waals surface area contributed by atoms with Gasteiger partial charge in [0, 0.05) is 0 Å². The van der Waals surface area contributed by atoms with Crippen LogP contribution in [0.1, 0.15) is 24.2 Å². The topological polar surface area (TPSA) is 46.5 Å². The molecule has 0 amide bonds. The standard InChI is InChI=1S/C11H12O3/c1-3-8(2)14-11(13)9-4-6-10(12)7-5-9/h3-7,12H,1-2H3. The van der Waals surface area contributed by atoms with Gasteiger partial charge < -0.3 is 9.84 Å². The summed E-state index contributed by atoms with van der Waals surface area (Å²) in [6, 6.07) is 5.92. The number of allylic oxidation sites excluding steroid dienone is 2. The van der Waals surface area contributed by atoms with Gasteiger partial charge in [-0.2, -0.15) is 0 Å². The van der Waals surface area contributed by atoms with E-state index in [1.54, 1.807) is 19.9 Å². The number of hydrogen-bond donors (Lipinski definition) is 1. The molecule has 0 spiro atoms. The van der Waals surface area contributed by atoms with Gasteiger partial charge >= 0.3 is 5.97 Å². The van der Waals surface area contributed by atoms with E-state index in [0.29, 0.717) is 11.3 Å². The largest absolute Gasteiger partial charge is 0.508 e. The van der Waals surface area contributed by atoms with Crippen molar-refractivity contribution in [2.24, 2.45) is 0 Å². The van der Waals surface area contributed by atoms with Crippen LogP contribution in [0, 0.1) is 0 Å². The van der Waals surface area contributed by atoms with Gasteiger partial charge in [0.2, 0.25) is 0 Å². The molecule has 3 nitrogen and oxygen atoms in total. The normalized spacial score (nSPS) is 11.1. The third-order valence-electron chi connectivity index (χ3n) is 1.76. The van der Waals surface area contributed by atoms with Crippen LogP contribution >= 0.6 is 0 Å². The third-order valence-corrected chi connectivity index (χ3v) is 1.76. The van der Waals surface area contributed by atoms with Crippen LogP contribution in [0.3, 0.4) is 0 Å². The van der Waals surface area contributed by atoms with E-state index >= 15 is 0 Å². The Morgan fingerprint density at radius 2 is 1.93 bits per heavy atom. The van der Waals surface area contributed by atoms with Crippen molar-refractivity contribution in [2.45, 2.75) is 13.8 Å². The molecule has 0 heterocycles. The Hall–Kier alpha value is -1.77. The molecule has 14 heavy (non-hydrogen) atoms. The molecular weight excluding hydrogens is 180 g/mol. The summed E-state index contributed by atoms with van der Waals surface area (Å²) in [5.41, 5.74) is 0.420. The second-order valence-electron chi connectivity index (χ2n) is 2.84. The molecule has 0 aliphatic heterocycles. The average molecular weight is 192 g/mol. The molecule has 0 saturated heterocycles. The predicted molar refractivity (Wildman–Crippen MR) is 53.0 cm³/mol. The van der Waals surface area contributed by atoms with Crippen molar-refractivity contribution in [2.75, 3.05) is 0 Å². The number of rotatable bonds is 2. The molecule has 1 aromatic rings. The monoisotopic (exact) mass is 192 g/mol. The molecule has 0 aliphatic rings. The lowest BCUT2D eigenvalue weighted by Crippen LogP contribution is -2.02. The van der Waals surface area contributed by atoms with Gasteiger partial charge in [0.15, 0.2) is 0 Å².